The second-order valence-electron chi connectivity index (χ2n) is 6.58. The van der Waals surface area contributed by atoms with Crippen molar-refractivity contribution < 1.29 is 19.7 Å². The first-order valence-corrected chi connectivity index (χ1v) is 9.68. The number of aliphatic hydroxyl groups excluding tert-OH is 2. The molecular weight excluding hydrogens is 384 g/mol. The number of hydrogen-bond donors (Lipinski definition) is 3. The summed E-state index contributed by atoms with van der Waals surface area (Å²) in [4.78, 5) is 25.2. The fourth-order valence-corrected chi connectivity index (χ4v) is 2.75. The van der Waals surface area contributed by atoms with Crippen LogP contribution in [0.2, 0.25) is 0 Å². The quantitative estimate of drug-likeness (QED) is 0.438. The lowest BCUT2D eigenvalue weighted by Gasteiger charge is -2.13. The number of amides is 1. The van der Waals surface area contributed by atoms with Crippen molar-refractivity contribution in [3.63, 3.8) is 0 Å². The Morgan fingerprint density at radius 3 is 2.03 bits per heavy atom. The molecule has 0 unspecified atom stereocenters. The van der Waals surface area contributed by atoms with Gasteiger partial charge in [0.25, 0.3) is 0 Å². The highest BCUT2D eigenvalue weighted by Crippen LogP contribution is 2.26. The Labute approximate surface area is 174 Å². The first kappa shape index (κ1) is 21.4. The molecule has 3 rings (SSSR count). The number of nitrogens with one attached hydrogen (secondary N) is 1. The number of carbonyl (C=O) groups excluding carboxylic acids is 1. The van der Waals surface area contributed by atoms with Gasteiger partial charge in [-0.2, -0.15) is 0 Å². The zero-order valence-corrected chi connectivity index (χ0v) is 16.4. The van der Waals surface area contributed by atoms with Gasteiger partial charge < -0.3 is 20.3 Å². The molecule has 0 saturated carbocycles. The molecule has 0 aliphatic rings. The topological polar surface area (TPSA) is 117 Å². The number of aromatic nitrogens is 3. The molecule has 0 atom stereocenters. The third-order valence-electron chi connectivity index (χ3n) is 4.28. The highest BCUT2D eigenvalue weighted by Gasteiger charge is 2.11. The smallest absolute Gasteiger partial charge is 0.220 e. The van der Waals surface area contributed by atoms with E-state index in [-0.39, 0.29) is 25.5 Å². The van der Waals surface area contributed by atoms with Gasteiger partial charge in [-0.15, -0.1) is 0 Å². The lowest BCUT2D eigenvalue weighted by molar-refractivity contribution is -0.122. The normalized spacial score (nSPS) is 10.8. The van der Waals surface area contributed by atoms with Crippen molar-refractivity contribution in [3.8, 4) is 28.5 Å². The van der Waals surface area contributed by atoms with Gasteiger partial charge in [-0.25, -0.2) is 4.98 Å². The number of nitrogens with zero attached hydrogens (tertiary/aromatic N) is 3. The molecule has 0 aliphatic heterocycles. The van der Waals surface area contributed by atoms with E-state index in [1.807, 2.05) is 48.5 Å². The molecule has 8 nitrogen and oxygen atoms in total. The van der Waals surface area contributed by atoms with Crippen LogP contribution in [0.5, 0.6) is 5.75 Å². The van der Waals surface area contributed by atoms with Crippen LogP contribution in [0, 0.1) is 0 Å². The van der Waals surface area contributed by atoms with Crippen molar-refractivity contribution in [1.82, 2.24) is 20.3 Å². The Kier molecular flexibility index (Phi) is 7.82. The summed E-state index contributed by atoms with van der Waals surface area (Å²) in [6.07, 6.45) is 4.11. The van der Waals surface area contributed by atoms with Crippen LogP contribution >= 0.6 is 0 Å². The third kappa shape index (κ3) is 6.07. The highest BCUT2D eigenvalue weighted by molar-refractivity contribution is 5.76. The molecule has 8 heteroatoms. The summed E-state index contributed by atoms with van der Waals surface area (Å²) in [6.45, 7) is -0.283. The minimum atomic E-state index is -0.638. The molecule has 1 amide bonds. The average molecular weight is 408 g/mol. The number of ether oxygens (including phenoxy) is 1. The van der Waals surface area contributed by atoms with Crippen molar-refractivity contribution in [2.45, 2.75) is 18.9 Å². The van der Waals surface area contributed by atoms with Gasteiger partial charge in [0.1, 0.15) is 5.75 Å². The van der Waals surface area contributed by atoms with Crippen molar-refractivity contribution in [1.29, 1.82) is 0 Å². The van der Waals surface area contributed by atoms with Gasteiger partial charge in [0, 0.05) is 30.9 Å². The van der Waals surface area contributed by atoms with Gasteiger partial charge in [0.05, 0.1) is 48.6 Å². The molecule has 30 heavy (non-hydrogen) atoms. The maximum atomic E-state index is 11.8. The standard InChI is InChI=1S/C22H24N4O4/c27-14-16(15-28)25-22(29)8-5-11-30-17-12-20(18-6-1-3-9-23-18)26-21(13-17)19-7-2-4-10-24-19/h1-4,6-7,9-10,12-13,16,27-28H,5,8,11,14-15H2,(H,25,29). The Morgan fingerprint density at radius 2 is 1.53 bits per heavy atom. The van der Waals surface area contributed by atoms with E-state index in [9.17, 15) is 4.79 Å². The van der Waals surface area contributed by atoms with E-state index in [1.165, 1.54) is 0 Å². The molecule has 3 heterocycles. The number of hydrogen-bond acceptors (Lipinski definition) is 7. The summed E-state index contributed by atoms with van der Waals surface area (Å²) in [5.41, 5.74) is 2.78. The fraction of sp³-hybridized carbons (Fsp3) is 0.273. The minimum absolute atomic E-state index is 0.224. The Hall–Kier alpha value is -3.36. The number of pyridine rings is 3. The lowest BCUT2D eigenvalue weighted by Crippen LogP contribution is -2.40. The van der Waals surface area contributed by atoms with Gasteiger partial charge in [0.2, 0.25) is 5.91 Å². The van der Waals surface area contributed by atoms with E-state index < -0.39 is 6.04 Å². The van der Waals surface area contributed by atoms with E-state index >= 15 is 0 Å². The van der Waals surface area contributed by atoms with E-state index in [4.69, 9.17) is 14.9 Å². The van der Waals surface area contributed by atoms with Crippen LogP contribution in [0.3, 0.4) is 0 Å². The summed E-state index contributed by atoms with van der Waals surface area (Å²) in [6, 6.07) is 14.2. The highest BCUT2D eigenvalue weighted by atomic mass is 16.5. The molecule has 0 saturated heterocycles. The predicted octanol–water partition coefficient (Wildman–Crippen LogP) is 1.83. The summed E-state index contributed by atoms with van der Waals surface area (Å²) in [5, 5.41) is 20.6. The van der Waals surface area contributed by atoms with Gasteiger partial charge in [-0.3, -0.25) is 14.8 Å². The summed E-state index contributed by atoms with van der Waals surface area (Å²) in [7, 11) is 0. The fourth-order valence-electron chi connectivity index (χ4n) is 2.75. The SMILES string of the molecule is O=C(CCCOc1cc(-c2ccccn2)nc(-c2ccccn2)c1)NC(CO)CO. The molecule has 156 valence electrons. The molecular formula is C22H24N4O4. The van der Waals surface area contributed by atoms with Gasteiger partial charge >= 0.3 is 0 Å². The molecule has 0 radical (unpaired) electrons. The first-order valence-electron chi connectivity index (χ1n) is 9.68. The third-order valence-corrected chi connectivity index (χ3v) is 4.28. The van der Waals surface area contributed by atoms with Crippen LogP contribution in [-0.2, 0) is 4.79 Å². The van der Waals surface area contributed by atoms with Crippen molar-refractivity contribution >= 4 is 5.91 Å². The van der Waals surface area contributed by atoms with E-state index in [1.54, 1.807) is 12.4 Å². The van der Waals surface area contributed by atoms with Gasteiger partial charge in [-0.05, 0) is 30.7 Å². The van der Waals surface area contributed by atoms with Crippen LogP contribution in [0.4, 0.5) is 0 Å². The number of aliphatic hydroxyl groups is 2. The summed E-state index contributed by atoms with van der Waals surface area (Å²) >= 11 is 0. The Morgan fingerprint density at radius 1 is 0.933 bits per heavy atom. The van der Waals surface area contributed by atoms with Crippen molar-refractivity contribution in [3.05, 3.63) is 60.9 Å². The molecule has 0 fully saturated rings. The van der Waals surface area contributed by atoms with Crippen molar-refractivity contribution in [2.75, 3.05) is 19.8 Å². The Balaban J connectivity index is 1.69. The number of rotatable bonds is 10. The summed E-state index contributed by atoms with van der Waals surface area (Å²) < 4.78 is 5.86. The van der Waals surface area contributed by atoms with Crippen molar-refractivity contribution in [2.24, 2.45) is 0 Å². The second-order valence-corrected chi connectivity index (χ2v) is 6.58. The molecule has 3 aromatic heterocycles. The second kappa shape index (κ2) is 11.0. The molecule has 0 aromatic carbocycles. The molecule has 0 bridgehead atoms. The van der Waals surface area contributed by atoms with E-state index in [0.717, 1.165) is 11.4 Å². The average Bonchev–Trinajstić information content (AvgIpc) is 2.81. The Bertz CT molecular complexity index is 877. The van der Waals surface area contributed by atoms with Crippen LogP contribution in [0.15, 0.2) is 60.9 Å². The first-order chi connectivity index (χ1) is 14.7. The van der Waals surface area contributed by atoms with Crippen LogP contribution in [-0.4, -0.2) is 56.9 Å². The predicted molar refractivity (Wildman–Crippen MR) is 112 cm³/mol. The maximum absolute atomic E-state index is 11.8. The maximum Gasteiger partial charge on any atom is 0.220 e. The lowest BCUT2D eigenvalue weighted by atomic mass is 10.2. The zero-order chi connectivity index (χ0) is 21.2. The van der Waals surface area contributed by atoms with E-state index in [0.29, 0.717) is 30.2 Å². The minimum Gasteiger partial charge on any atom is -0.493 e. The van der Waals surface area contributed by atoms with Gasteiger partial charge in [0.15, 0.2) is 0 Å². The largest absolute Gasteiger partial charge is 0.493 e. The molecule has 0 aliphatic carbocycles. The summed E-state index contributed by atoms with van der Waals surface area (Å²) in [5.74, 6) is 0.361. The zero-order valence-electron chi connectivity index (χ0n) is 16.4. The number of carbonyl (C=O) groups is 1. The van der Waals surface area contributed by atoms with Crippen LogP contribution < -0.4 is 10.1 Å². The monoisotopic (exact) mass is 408 g/mol. The molecule has 3 aromatic rings. The van der Waals surface area contributed by atoms with E-state index in [2.05, 4.69) is 20.3 Å². The van der Waals surface area contributed by atoms with Gasteiger partial charge in [-0.1, -0.05) is 12.1 Å². The molecule has 0 spiro atoms. The van der Waals surface area contributed by atoms with Crippen LogP contribution in [0.1, 0.15) is 12.8 Å². The molecule has 3 N–H and O–H groups in total. The van der Waals surface area contributed by atoms with Crippen LogP contribution in [0.25, 0.3) is 22.8 Å².